The Hall–Kier alpha value is -0.910. The molecule has 0 aliphatic carbocycles. The van der Waals surface area contributed by atoms with E-state index in [0.717, 1.165) is 6.26 Å². The van der Waals surface area contributed by atoms with Gasteiger partial charge in [0.25, 0.3) is 0 Å². The van der Waals surface area contributed by atoms with E-state index >= 15 is 0 Å². The molecule has 0 radical (unpaired) electrons. The minimum Gasteiger partial charge on any atom is -0.330 e. The van der Waals surface area contributed by atoms with E-state index in [1.54, 1.807) is 0 Å². The largest absolute Gasteiger partial charge is 0.330 e. The lowest BCUT2D eigenvalue weighted by atomic mass is 10.1. The Balaban J connectivity index is 3.35. The first kappa shape index (κ1) is 13.2. The minimum absolute atomic E-state index is 0.00431. The van der Waals surface area contributed by atoms with Gasteiger partial charge in [0, 0.05) is 23.3 Å². The number of carbonyl (C=O) groups excluding carboxylic acids is 1. The molecule has 16 heavy (non-hydrogen) atoms. The highest BCUT2D eigenvalue weighted by atomic mass is 35.5. The molecule has 0 aromatic heterocycles. The topological polar surface area (TPSA) is 77.2 Å². The summed E-state index contributed by atoms with van der Waals surface area (Å²) in [4.78, 5) is 11.7. The lowest BCUT2D eigenvalue weighted by molar-refractivity contribution is 0.0982. The zero-order valence-corrected chi connectivity index (χ0v) is 10.3. The van der Waals surface area contributed by atoms with E-state index in [2.05, 4.69) is 0 Å². The molecule has 1 aromatic rings. The molecule has 0 saturated carbocycles. The van der Waals surface area contributed by atoms with Gasteiger partial charge >= 0.3 is 0 Å². The van der Waals surface area contributed by atoms with Crippen LogP contribution in [0.3, 0.4) is 0 Å². The molecule has 0 amide bonds. The molecule has 4 nitrogen and oxygen atoms in total. The summed E-state index contributed by atoms with van der Waals surface area (Å²) in [6.07, 6.45) is 1.15. The van der Waals surface area contributed by atoms with Crippen molar-refractivity contribution < 1.29 is 13.2 Å². The number of rotatable bonds is 4. The van der Waals surface area contributed by atoms with Gasteiger partial charge in [0.05, 0.1) is 4.90 Å². The van der Waals surface area contributed by atoms with Gasteiger partial charge in [-0.25, -0.2) is 8.42 Å². The third-order valence-corrected chi connectivity index (χ3v) is 3.40. The second kappa shape index (κ2) is 4.95. The van der Waals surface area contributed by atoms with Gasteiger partial charge in [0.2, 0.25) is 0 Å². The Labute approximate surface area is 99.3 Å². The van der Waals surface area contributed by atoms with Crippen molar-refractivity contribution in [3.63, 3.8) is 0 Å². The van der Waals surface area contributed by atoms with E-state index in [9.17, 15) is 13.2 Å². The molecular weight excluding hydrogens is 250 g/mol. The maximum absolute atomic E-state index is 11.7. The second-order valence-corrected chi connectivity index (χ2v) is 5.80. The van der Waals surface area contributed by atoms with Gasteiger partial charge in [-0.3, -0.25) is 4.79 Å². The number of ketones is 1. The fraction of sp³-hybridized carbons (Fsp3) is 0.300. The molecule has 0 aliphatic heterocycles. The zero-order valence-electron chi connectivity index (χ0n) is 8.73. The summed E-state index contributed by atoms with van der Waals surface area (Å²) < 4.78 is 22.9. The average molecular weight is 262 g/mol. The standard InChI is InChI=1S/C10H12ClNO3S/c1-16(14,15)10-3-2-7(11)6-8(10)9(13)4-5-12/h2-3,6H,4-5,12H2,1H3. The van der Waals surface area contributed by atoms with Crippen LogP contribution in [0.2, 0.25) is 5.02 Å². The summed E-state index contributed by atoms with van der Waals surface area (Å²) in [6, 6.07) is 4.13. The molecule has 1 rings (SSSR count). The number of sulfone groups is 1. The SMILES string of the molecule is CS(=O)(=O)c1ccc(Cl)cc1C(=O)CCN. The summed E-state index contributed by atoms with van der Waals surface area (Å²) in [7, 11) is -3.43. The Morgan fingerprint density at radius 1 is 1.44 bits per heavy atom. The van der Waals surface area contributed by atoms with Crippen LogP contribution < -0.4 is 5.73 Å². The average Bonchev–Trinajstić information content (AvgIpc) is 2.16. The first-order chi connectivity index (χ1) is 7.36. The van der Waals surface area contributed by atoms with Crippen LogP contribution in [0.25, 0.3) is 0 Å². The second-order valence-electron chi connectivity index (χ2n) is 3.37. The number of hydrogen-bond acceptors (Lipinski definition) is 4. The fourth-order valence-electron chi connectivity index (χ4n) is 1.31. The van der Waals surface area contributed by atoms with Gasteiger partial charge in [0.1, 0.15) is 0 Å². The summed E-state index contributed by atoms with van der Waals surface area (Å²) >= 11 is 5.73. The van der Waals surface area contributed by atoms with Gasteiger partial charge in [-0.1, -0.05) is 11.6 Å². The lowest BCUT2D eigenvalue weighted by Gasteiger charge is -2.06. The van der Waals surface area contributed by atoms with Gasteiger partial charge in [-0.2, -0.15) is 0 Å². The van der Waals surface area contributed by atoms with Crippen LogP contribution in [0.15, 0.2) is 23.1 Å². The van der Waals surface area contributed by atoms with Crippen molar-refractivity contribution in [3.8, 4) is 0 Å². The molecule has 2 N–H and O–H groups in total. The highest BCUT2D eigenvalue weighted by molar-refractivity contribution is 7.90. The smallest absolute Gasteiger partial charge is 0.176 e. The van der Waals surface area contributed by atoms with Crippen molar-refractivity contribution in [1.29, 1.82) is 0 Å². The van der Waals surface area contributed by atoms with E-state index in [0.29, 0.717) is 5.02 Å². The molecular formula is C10H12ClNO3S. The van der Waals surface area contributed by atoms with Crippen LogP contribution in [0, 0.1) is 0 Å². The van der Waals surface area contributed by atoms with Crippen molar-refractivity contribution in [2.24, 2.45) is 5.73 Å². The Morgan fingerprint density at radius 3 is 2.56 bits per heavy atom. The maximum atomic E-state index is 11.7. The summed E-state index contributed by atoms with van der Waals surface area (Å²) in [6.45, 7) is 0.175. The van der Waals surface area contributed by atoms with Crippen molar-refractivity contribution in [2.75, 3.05) is 12.8 Å². The Kier molecular flexibility index (Phi) is 4.07. The van der Waals surface area contributed by atoms with E-state index in [1.807, 2.05) is 0 Å². The first-order valence-electron chi connectivity index (χ1n) is 4.59. The van der Waals surface area contributed by atoms with Crippen molar-refractivity contribution in [3.05, 3.63) is 28.8 Å². The predicted molar refractivity (Wildman–Crippen MR) is 62.6 cm³/mol. The molecule has 0 heterocycles. The first-order valence-corrected chi connectivity index (χ1v) is 6.86. The Morgan fingerprint density at radius 2 is 2.06 bits per heavy atom. The van der Waals surface area contributed by atoms with Gasteiger partial charge in [-0.15, -0.1) is 0 Å². The van der Waals surface area contributed by atoms with Crippen LogP contribution >= 0.6 is 11.6 Å². The molecule has 0 atom stereocenters. The van der Waals surface area contributed by atoms with Gasteiger partial charge in [-0.05, 0) is 24.7 Å². The molecule has 88 valence electrons. The Bertz CT molecular complexity index is 511. The summed E-state index contributed by atoms with van der Waals surface area (Å²) in [5.74, 6) is -0.314. The van der Waals surface area contributed by atoms with Crippen molar-refractivity contribution in [1.82, 2.24) is 0 Å². The quantitative estimate of drug-likeness (QED) is 0.828. The van der Waals surface area contributed by atoms with Crippen molar-refractivity contribution >= 4 is 27.2 Å². The number of carbonyl (C=O) groups is 1. The molecule has 0 spiro atoms. The van der Waals surface area contributed by atoms with Crippen LogP contribution in [0.5, 0.6) is 0 Å². The molecule has 6 heteroatoms. The normalized spacial score (nSPS) is 11.4. The molecule has 0 fully saturated rings. The predicted octanol–water partition coefficient (Wildman–Crippen LogP) is 1.28. The lowest BCUT2D eigenvalue weighted by Crippen LogP contribution is -2.12. The number of hydrogen-bond donors (Lipinski definition) is 1. The highest BCUT2D eigenvalue weighted by Gasteiger charge is 2.18. The molecule has 0 bridgehead atoms. The number of halogens is 1. The van der Waals surface area contributed by atoms with Crippen LogP contribution in [-0.2, 0) is 9.84 Å². The van der Waals surface area contributed by atoms with Gasteiger partial charge < -0.3 is 5.73 Å². The number of nitrogens with two attached hydrogens (primary N) is 1. The van der Waals surface area contributed by atoms with Crippen LogP contribution in [0.1, 0.15) is 16.8 Å². The molecule has 0 saturated heterocycles. The fourth-order valence-corrected chi connectivity index (χ4v) is 2.37. The molecule has 0 aliphatic rings. The number of benzene rings is 1. The minimum atomic E-state index is -3.43. The third-order valence-electron chi connectivity index (χ3n) is 2.01. The summed E-state index contributed by atoms with van der Waals surface area (Å²) in [5.41, 5.74) is 5.37. The van der Waals surface area contributed by atoms with E-state index in [4.69, 9.17) is 17.3 Å². The molecule has 1 aromatic carbocycles. The van der Waals surface area contributed by atoms with Gasteiger partial charge in [0.15, 0.2) is 15.6 Å². The van der Waals surface area contributed by atoms with Crippen LogP contribution in [-0.4, -0.2) is 27.0 Å². The zero-order chi connectivity index (χ0) is 12.3. The maximum Gasteiger partial charge on any atom is 0.176 e. The summed E-state index contributed by atoms with van der Waals surface area (Å²) in [5, 5.41) is 0.327. The monoisotopic (exact) mass is 261 g/mol. The van der Waals surface area contributed by atoms with E-state index in [-0.39, 0.29) is 29.2 Å². The third kappa shape index (κ3) is 3.04. The van der Waals surface area contributed by atoms with E-state index < -0.39 is 9.84 Å². The highest BCUT2D eigenvalue weighted by Crippen LogP contribution is 2.21. The van der Waals surface area contributed by atoms with Crippen LogP contribution in [0.4, 0.5) is 0 Å². The molecule has 0 unspecified atom stereocenters. The number of Topliss-reactive ketones (excluding diaryl/α,β-unsaturated/α-hetero) is 1. The van der Waals surface area contributed by atoms with E-state index in [1.165, 1.54) is 18.2 Å². The van der Waals surface area contributed by atoms with Crippen molar-refractivity contribution in [2.45, 2.75) is 11.3 Å².